The fourth-order valence-corrected chi connectivity index (χ4v) is 16.4. The second-order valence-corrected chi connectivity index (χ2v) is 53.6. The number of hydrogen-bond donors (Lipinski definition) is 2. The van der Waals surface area contributed by atoms with Crippen molar-refractivity contribution in [1.29, 1.82) is 0 Å². The van der Waals surface area contributed by atoms with Crippen molar-refractivity contribution in [3.8, 4) is 0 Å². The molecule has 834 valence electrons. The Bertz CT molecular complexity index is 3930. The van der Waals surface area contributed by atoms with Crippen molar-refractivity contribution in [3.05, 3.63) is 34.9 Å². The van der Waals surface area contributed by atoms with Crippen LogP contribution in [0.4, 0.5) is 0 Å². The van der Waals surface area contributed by atoms with Crippen LogP contribution in [-0.2, 0) is 106 Å². The van der Waals surface area contributed by atoms with Gasteiger partial charge in [-0.25, -0.2) is 0 Å². The molecule has 1 saturated heterocycles. The predicted octanol–water partition coefficient (Wildman–Crippen LogP) is 30.4. The van der Waals surface area contributed by atoms with Gasteiger partial charge in [0.1, 0.15) is 43.7 Å². The van der Waals surface area contributed by atoms with Gasteiger partial charge in [-0.3, -0.25) is 52.7 Å². The van der Waals surface area contributed by atoms with Crippen molar-refractivity contribution >= 4 is 65.7 Å². The summed E-state index contributed by atoms with van der Waals surface area (Å²) in [6, 6.07) is 7.21. The zero-order chi connectivity index (χ0) is 112. The molecule has 7 rings (SSSR count). The number of hydrogen-bond acceptors (Lipinski definition) is 20. The highest BCUT2D eigenvalue weighted by atomic mass is 16.6. The molecule has 2 bridgehead atoms. The van der Waals surface area contributed by atoms with E-state index in [0.717, 1.165) is 95.8 Å². The highest BCUT2D eigenvalue weighted by molar-refractivity contribution is 5.82. The monoisotopic (exact) mass is 2020 g/mol. The van der Waals surface area contributed by atoms with Gasteiger partial charge in [0.15, 0.2) is 0 Å². The molecule has 1 heterocycles. The van der Waals surface area contributed by atoms with Gasteiger partial charge in [-0.15, -0.1) is 0 Å². The van der Waals surface area contributed by atoms with Crippen LogP contribution in [0.1, 0.15) is 503 Å². The maximum absolute atomic E-state index is 12.5. The maximum atomic E-state index is 12.5. The molecule has 22 nitrogen and oxygen atoms in total. The molecule has 6 aliphatic rings. The first-order valence-corrected chi connectivity index (χ1v) is 55.2. The molecule has 1 aliphatic heterocycles. The third kappa shape index (κ3) is 47.4. The number of carbonyl (C=O) groups excluding carboxylic acids is 9. The van der Waals surface area contributed by atoms with Crippen LogP contribution in [0, 0.1) is 119 Å². The van der Waals surface area contributed by atoms with Gasteiger partial charge in [-0.1, -0.05) is 232 Å². The summed E-state index contributed by atoms with van der Waals surface area (Å²) in [5.74, 6) is -0.215. The van der Waals surface area contributed by atoms with Crippen LogP contribution < -0.4 is 0 Å². The average Bonchev–Trinajstić information content (AvgIpc) is 1.57. The van der Waals surface area contributed by atoms with E-state index in [0.29, 0.717) is 72.5 Å². The van der Waals surface area contributed by atoms with Gasteiger partial charge in [0.05, 0.1) is 73.3 Å². The van der Waals surface area contributed by atoms with Crippen LogP contribution in [0.25, 0.3) is 0 Å². The topological polar surface area (TPSA) is 311 Å². The molecule has 0 aromatic heterocycles. The van der Waals surface area contributed by atoms with Crippen LogP contribution in [0.5, 0.6) is 0 Å². The molecule has 10 atom stereocenters. The Morgan fingerprint density at radius 2 is 0.699 bits per heavy atom. The number of rotatable bonds is 31. The van der Waals surface area contributed by atoms with Gasteiger partial charge in [0.2, 0.25) is 0 Å². The molecule has 0 amide bonds. The number of aliphatic carboxylic acids is 2. The summed E-state index contributed by atoms with van der Waals surface area (Å²) in [6.45, 7) is 101. The van der Waals surface area contributed by atoms with Crippen molar-refractivity contribution in [2.75, 3.05) is 13.2 Å². The first-order chi connectivity index (χ1) is 64.7. The van der Waals surface area contributed by atoms with Gasteiger partial charge < -0.3 is 52.8 Å². The Morgan fingerprint density at radius 3 is 1.02 bits per heavy atom. The van der Waals surface area contributed by atoms with E-state index < -0.39 is 46.0 Å². The van der Waals surface area contributed by atoms with Crippen molar-refractivity contribution < 1.29 is 106 Å². The third-order valence-electron chi connectivity index (χ3n) is 31.8. The molecule has 2 N–H and O–H groups in total. The molecular weight excluding hydrogens is 1810 g/mol. The van der Waals surface area contributed by atoms with Crippen molar-refractivity contribution in [2.45, 2.75) is 540 Å². The summed E-state index contributed by atoms with van der Waals surface area (Å²) >= 11 is 0. The molecule has 5 saturated carbocycles. The minimum absolute atomic E-state index is 0.00153. The first-order valence-electron chi connectivity index (χ1n) is 55.2. The molecule has 1 aromatic rings. The standard InChI is InChI=1S/C20H38O2.C18H30.C16H26O6.C16H30O2.C14H20O4.C13H26O2.2C9H18O2.C6H12O2/c1-10-20(8,9)17(21)22-16-12-14(18(2,3)4)11-15(13-16)19(5,6)7;1-9-13(2)14-10-15(17(3,4)5)12-16(11-14)18(6,7)8;1-4-16(2,3)15(20)22-10-9-21-14(19)12-8-6-5-7-11(12)13(17)18;1-7-16(5,6)14(17)18-13-10-8-12(9-11-13)15(2,3)4;1-4-14(2,3)13(16)18-10-7-5-8-9(6-7)12(15)17-11(8)10;1-8-13(6,7)12(14)15-11(9(2)3)10(4)5;2*1-6-9(4,5)8(10)11-7(2)3;1-4-6(2,3)5(7)8/h14-16H,10-13H2,1-9H3;10-13H,9H2,1-8H3;11-12H,4-10H2,1-3H3,(H,17,18);12-13H,7-11H2,1-6H3;7-11H,4-6H2,1-3H3;9-11H,8H2,1-7H3;2*7H,6H2,1-5H3;4H2,1-3H3,(H,7,8). The number of carboxylic acids is 2. The summed E-state index contributed by atoms with van der Waals surface area (Å²) in [4.78, 5) is 128. The van der Waals surface area contributed by atoms with Crippen molar-refractivity contribution in [2.24, 2.45) is 119 Å². The fourth-order valence-electron chi connectivity index (χ4n) is 16.4. The van der Waals surface area contributed by atoms with E-state index in [9.17, 15) is 52.7 Å². The minimum Gasteiger partial charge on any atom is -0.481 e. The van der Waals surface area contributed by atoms with Gasteiger partial charge in [-0.05, 0) is 346 Å². The lowest BCUT2D eigenvalue weighted by atomic mass is 9.62. The van der Waals surface area contributed by atoms with Gasteiger partial charge in [0.25, 0.3) is 0 Å². The van der Waals surface area contributed by atoms with E-state index >= 15 is 0 Å². The van der Waals surface area contributed by atoms with Crippen LogP contribution in [-0.4, -0.2) is 132 Å². The number of esters is 9. The van der Waals surface area contributed by atoms with E-state index in [1.165, 1.54) is 42.4 Å². The van der Waals surface area contributed by atoms with Crippen LogP contribution >= 0.6 is 0 Å². The average molecular weight is 2030 g/mol. The summed E-state index contributed by atoms with van der Waals surface area (Å²) < 4.78 is 48.6. The quantitative estimate of drug-likeness (QED) is 0.0396. The number of carbonyl (C=O) groups is 11. The minimum atomic E-state index is -0.947. The summed E-state index contributed by atoms with van der Waals surface area (Å²) in [6.07, 6.45) is 19.6. The molecule has 5 aliphatic carbocycles. The Hall–Kier alpha value is -6.61. The number of ether oxygens (including phenoxy) is 9. The van der Waals surface area contributed by atoms with Crippen molar-refractivity contribution in [3.63, 3.8) is 0 Å². The fraction of sp³-hybridized carbons (Fsp3) is 0.860. The largest absolute Gasteiger partial charge is 0.481 e. The third-order valence-corrected chi connectivity index (χ3v) is 31.8. The maximum Gasteiger partial charge on any atom is 0.311 e. The Balaban J connectivity index is 0. The van der Waals surface area contributed by atoms with E-state index in [1.807, 2.05) is 159 Å². The molecule has 6 fully saturated rings. The second-order valence-electron chi connectivity index (χ2n) is 53.6. The van der Waals surface area contributed by atoms with E-state index in [-0.39, 0.29) is 158 Å². The lowest BCUT2D eigenvalue weighted by Crippen LogP contribution is -2.41. The predicted molar refractivity (Wildman–Crippen MR) is 580 cm³/mol. The molecular formula is C121H218O22. The Labute approximate surface area is 873 Å². The molecule has 22 heteroatoms. The zero-order valence-electron chi connectivity index (χ0n) is 101. The van der Waals surface area contributed by atoms with Gasteiger partial charge >= 0.3 is 65.7 Å². The summed E-state index contributed by atoms with van der Waals surface area (Å²) in [5.41, 5.74) is 2.54. The number of benzene rings is 1. The molecule has 10 unspecified atom stereocenters. The highest BCUT2D eigenvalue weighted by Gasteiger charge is 2.64. The summed E-state index contributed by atoms with van der Waals surface area (Å²) in [5, 5.41) is 17.6. The van der Waals surface area contributed by atoms with Gasteiger partial charge in [-0.2, -0.15) is 0 Å². The lowest BCUT2D eigenvalue weighted by Gasteiger charge is -2.45. The van der Waals surface area contributed by atoms with Crippen LogP contribution in [0.3, 0.4) is 0 Å². The lowest BCUT2D eigenvalue weighted by molar-refractivity contribution is -0.170. The summed E-state index contributed by atoms with van der Waals surface area (Å²) in [7, 11) is 0. The number of fused-ring (bicyclic) bond motifs is 1. The number of carboxylic acid groups (broad SMARTS) is 2. The van der Waals surface area contributed by atoms with Crippen LogP contribution in [0.2, 0.25) is 0 Å². The van der Waals surface area contributed by atoms with Gasteiger partial charge in [0, 0.05) is 11.8 Å². The van der Waals surface area contributed by atoms with Crippen LogP contribution in [0.15, 0.2) is 18.2 Å². The van der Waals surface area contributed by atoms with E-state index in [4.69, 9.17) is 52.8 Å². The van der Waals surface area contributed by atoms with E-state index in [1.54, 1.807) is 27.7 Å². The zero-order valence-corrected chi connectivity index (χ0v) is 101. The molecule has 143 heavy (non-hydrogen) atoms. The first kappa shape index (κ1) is 138. The molecule has 0 spiro atoms. The normalized spacial score (nSPS) is 21.7. The highest BCUT2D eigenvalue weighted by Crippen LogP contribution is 2.56. The Kier molecular flexibility index (Phi) is 57.2. The van der Waals surface area contributed by atoms with Crippen molar-refractivity contribution in [1.82, 2.24) is 0 Å². The molecule has 1 aromatic carbocycles. The second kappa shape index (κ2) is 59.1. The van der Waals surface area contributed by atoms with E-state index in [2.05, 4.69) is 171 Å². The SMILES string of the molecule is CCC(C)(C)C(=O)O.CCC(C)(C)C(=O)OC(C(C)C)C(C)C.CCC(C)(C)C(=O)OC(C)C.CCC(C)(C)C(=O)OC(C)C.CCC(C)(C)C(=O)OC1C2CC3C(=O)OC1C3C2.CCC(C)(C)C(=O)OC1CC(C(C)(C)C)CC(C(C)(C)C)C1.CCC(C)(C)C(=O)OC1CCC(C(C)(C)C)CC1.CCC(C)(C)C(=O)OCCOC(=O)C1CCCCC1C(=O)O.CCC(C)c1cc(C(C)(C)C)cc(C(C)(C)C)c1. The smallest absolute Gasteiger partial charge is 0.311 e. The Morgan fingerprint density at radius 1 is 0.364 bits per heavy atom. The molecule has 0 radical (unpaired) electrons.